The zero-order valence-corrected chi connectivity index (χ0v) is 21.3. The number of carbonyl (C=O) groups is 1. The third-order valence-electron chi connectivity index (χ3n) is 5.43. The van der Waals surface area contributed by atoms with Crippen LogP contribution in [0.1, 0.15) is 16.1 Å². The summed E-state index contributed by atoms with van der Waals surface area (Å²) in [5.41, 5.74) is 5.17. The third kappa shape index (κ3) is 7.54. The van der Waals surface area contributed by atoms with E-state index in [1.807, 2.05) is 22.4 Å². The minimum atomic E-state index is -0.891. The molecular formula is C27H25Cl2N3O2S. The lowest BCUT2D eigenvalue weighted by Crippen LogP contribution is -2.28. The van der Waals surface area contributed by atoms with Crippen LogP contribution < -0.4 is 5.32 Å². The molecule has 4 aromatic rings. The predicted molar refractivity (Wildman–Crippen MR) is 144 cm³/mol. The predicted octanol–water partition coefficient (Wildman–Crippen LogP) is 6.86. The monoisotopic (exact) mass is 525 g/mol. The molecule has 0 saturated heterocycles. The molecule has 1 heterocycles. The molecule has 0 radical (unpaired) electrons. The number of hydrogen-bond donors (Lipinski definition) is 2. The Morgan fingerprint density at radius 3 is 2.43 bits per heavy atom. The molecular weight excluding hydrogens is 501 g/mol. The first-order chi connectivity index (χ1) is 17.0. The Bertz CT molecular complexity index is 1260. The maximum atomic E-state index is 11.4. The van der Waals surface area contributed by atoms with Gasteiger partial charge in [0.1, 0.15) is 5.01 Å². The molecule has 3 aromatic carbocycles. The summed E-state index contributed by atoms with van der Waals surface area (Å²) >= 11 is 13.6. The number of carboxylic acid groups (broad SMARTS) is 1. The van der Waals surface area contributed by atoms with Gasteiger partial charge >= 0.3 is 5.97 Å². The number of aliphatic carboxylic acids is 1. The molecule has 5 nitrogen and oxygen atoms in total. The number of thiazole rings is 1. The normalized spacial score (nSPS) is 11.1. The number of aromatic nitrogens is 1. The number of halogens is 2. The molecule has 0 amide bonds. The lowest BCUT2D eigenvalue weighted by atomic mass is 10.1. The fourth-order valence-electron chi connectivity index (χ4n) is 3.72. The Morgan fingerprint density at radius 2 is 1.71 bits per heavy atom. The quantitative estimate of drug-likeness (QED) is 0.224. The number of anilines is 1. The molecule has 180 valence electrons. The molecule has 8 heteroatoms. The highest BCUT2D eigenvalue weighted by molar-refractivity contribution is 7.09. The van der Waals surface area contributed by atoms with E-state index in [9.17, 15) is 9.90 Å². The lowest BCUT2D eigenvalue weighted by molar-refractivity contribution is -0.138. The van der Waals surface area contributed by atoms with Gasteiger partial charge in [-0.2, -0.15) is 0 Å². The van der Waals surface area contributed by atoms with Gasteiger partial charge in [-0.1, -0.05) is 71.7 Å². The minimum Gasteiger partial charge on any atom is -0.480 e. The fraction of sp³-hybridized carbons (Fsp3) is 0.185. The number of benzene rings is 3. The van der Waals surface area contributed by atoms with E-state index in [0.29, 0.717) is 23.1 Å². The van der Waals surface area contributed by atoms with Crippen LogP contribution in [0.2, 0.25) is 10.0 Å². The Labute approximate surface area is 219 Å². The Balaban J connectivity index is 1.36. The molecule has 0 aliphatic carbocycles. The van der Waals surface area contributed by atoms with E-state index in [-0.39, 0.29) is 6.54 Å². The SMILES string of the molecule is O=C(O)CN(Cc1ccc(Cl)c(Cl)c1)Cc1nc(-c2ccc(NCCc3ccccc3)cc2)cs1. The molecule has 2 N–H and O–H groups in total. The van der Waals surface area contributed by atoms with Crippen LogP contribution in [0.3, 0.4) is 0 Å². The summed E-state index contributed by atoms with van der Waals surface area (Å²) in [6.45, 7) is 1.62. The summed E-state index contributed by atoms with van der Waals surface area (Å²) in [5, 5.41) is 16.6. The van der Waals surface area contributed by atoms with Crippen LogP contribution in [0.5, 0.6) is 0 Å². The maximum absolute atomic E-state index is 11.4. The Hall–Kier alpha value is -2.90. The molecule has 1 aromatic heterocycles. The first kappa shape index (κ1) is 25.2. The van der Waals surface area contributed by atoms with Crippen LogP contribution in [0.4, 0.5) is 5.69 Å². The van der Waals surface area contributed by atoms with Gasteiger partial charge in [-0.25, -0.2) is 4.98 Å². The van der Waals surface area contributed by atoms with Gasteiger partial charge in [0.2, 0.25) is 0 Å². The van der Waals surface area contributed by atoms with Crippen LogP contribution >= 0.6 is 34.5 Å². The molecule has 0 atom stereocenters. The molecule has 0 fully saturated rings. The largest absolute Gasteiger partial charge is 0.480 e. The molecule has 4 rings (SSSR count). The van der Waals surface area contributed by atoms with Crippen LogP contribution in [0, 0.1) is 0 Å². The summed E-state index contributed by atoms with van der Waals surface area (Å²) < 4.78 is 0. The van der Waals surface area contributed by atoms with Crippen molar-refractivity contribution in [2.45, 2.75) is 19.5 Å². The molecule has 0 aliphatic rings. The standard InChI is InChI=1S/C27H25Cl2N3O2S/c28-23-11-6-20(14-24(23)29)15-32(17-27(33)34)16-26-31-25(18-35-26)21-7-9-22(10-8-21)30-13-12-19-4-2-1-3-5-19/h1-11,14,18,30H,12-13,15-17H2,(H,33,34). The van der Waals surface area contributed by atoms with Crippen LogP contribution in [0.25, 0.3) is 11.3 Å². The number of nitrogens with zero attached hydrogens (tertiary/aromatic N) is 2. The average Bonchev–Trinajstić information content (AvgIpc) is 3.30. The van der Waals surface area contributed by atoms with E-state index in [1.165, 1.54) is 16.9 Å². The van der Waals surface area contributed by atoms with Gasteiger partial charge in [-0.3, -0.25) is 9.69 Å². The minimum absolute atomic E-state index is 0.0987. The molecule has 0 bridgehead atoms. The second-order valence-corrected chi connectivity index (χ2v) is 9.91. The molecule has 35 heavy (non-hydrogen) atoms. The fourth-order valence-corrected chi connectivity index (χ4v) is 4.88. The number of rotatable bonds is 11. The van der Waals surface area contributed by atoms with Gasteiger partial charge in [0, 0.05) is 29.7 Å². The Kier molecular flexibility index (Phi) is 8.77. The maximum Gasteiger partial charge on any atom is 0.317 e. The highest BCUT2D eigenvalue weighted by Gasteiger charge is 2.15. The highest BCUT2D eigenvalue weighted by Crippen LogP contribution is 2.26. The zero-order chi connectivity index (χ0) is 24.6. The smallest absolute Gasteiger partial charge is 0.317 e. The van der Waals surface area contributed by atoms with Crippen LogP contribution in [-0.4, -0.2) is 34.0 Å². The van der Waals surface area contributed by atoms with Gasteiger partial charge < -0.3 is 10.4 Å². The van der Waals surface area contributed by atoms with Gasteiger partial charge in [-0.05, 0) is 41.8 Å². The van der Waals surface area contributed by atoms with Crippen molar-refractivity contribution in [2.75, 3.05) is 18.4 Å². The summed E-state index contributed by atoms with van der Waals surface area (Å²) in [4.78, 5) is 18.0. The number of carboxylic acids is 1. The number of nitrogens with one attached hydrogen (secondary N) is 1. The van der Waals surface area contributed by atoms with Crippen molar-refractivity contribution >= 4 is 46.2 Å². The topological polar surface area (TPSA) is 65.5 Å². The van der Waals surface area contributed by atoms with Crippen molar-refractivity contribution in [3.8, 4) is 11.3 Å². The van der Waals surface area contributed by atoms with Crippen molar-refractivity contribution in [3.63, 3.8) is 0 Å². The van der Waals surface area contributed by atoms with Crippen molar-refractivity contribution in [2.24, 2.45) is 0 Å². The summed E-state index contributed by atoms with van der Waals surface area (Å²) in [6, 6.07) is 24.0. The first-order valence-electron chi connectivity index (χ1n) is 11.2. The number of hydrogen-bond acceptors (Lipinski definition) is 5. The second-order valence-electron chi connectivity index (χ2n) is 8.15. The first-order valence-corrected chi connectivity index (χ1v) is 12.8. The summed E-state index contributed by atoms with van der Waals surface area (Å²) in [5.74, 6) is -0.891. The van der Waals surface area contributed by atoms with Gasteiger partial charge in [0.15, 0.2) is 0 Å². The Morgan fingerprint density at radius 1 is 0.943 bits per heavy atom. The van der Waals surface area contributed by atoms with Crippen LogP contribution in [-0.2, 0) is 24.3 Å². The molecule has 0 aliphatic heterocycles. The summed E-state index contributed by atoms with van der Waals surface area (Å²) in [6.07, 6.45) is 0.965. The van der Waals surface area contributed by atoms with Gasteiger partial charge in [-0.15, -0.1) is 11.3 Å². The van der Waals surface area contributed by atoms with E-state index >= 15 is 0 Å². The van der Waals surface area contributed by atoms with Crippen molar-refractivity contribution < 1.29 is 9.90 Å². The highest BCUT2D eigenvalue weighted by atomic mass is 35.5. The third-order valence-corrected chi connectivity index (χ3v) is 7.00. The van der Waals surface area contributed by atoms with E-state index in [4.69, 9.17) is 28.2 Å². The van der Waals surface area contributed by atoms with E-state index in [0.717, 1.165) is 40.5 Å². The molecule has 0 saturated carbocycles. The van der Waals surface area contributed by atoms with Gasteiger partial charge in [0.25, 0.3) is 0 Å². The van der Waals surface area contributed by atoms with Crippen molar-refractivity contribution in [1.82, 2.24) is 9.88 Å². The van der Waals surface area contributed by atoms with E-state index in [1.54, 1.807) is 12.1 Å². The van der Waals surface area contributed by atoms with Crippen LogP contribution in [0.15, 0.2) is 78.2 Å². The van der Waals surface area contributed by atoms with E-state index < -0.39 is 5.97 Å². The van der Waals surface area contributed by atoms with E-state index in [2.05, 4.69) is 53.8 Å². The second kappa shape index (κ2) is 12.2. The molecule has 0 unspecified atom stereocenters. The summed E-state index contributed by atoms with van der Waals surface area (Å²) in [7, 11) is 0. The van der Waals surface area contributed by atoms with Gasteiger partial charge in [0.05, 0.1) is 28.8 Å². The zero-order valence-electron chi connectivity index (χ0n) is 19.0. The lowest BCUT2D eigenvalue weighted by Gasteiger charge is -2.19. The van der Waals surface area contributed by atoms with Crippen molar-refractivity contribution in [3.05, 3.63) is 104 Å². The average molecular weight is 526 g/mol. The molecule has 0 spiro atoms. The van der Waals surface area contributed by atoms with Crippen molar-refractivity contribution in [1.29, 1.82) is 0 Å².